The first-order chi connectivity index (χ1) is 13.0. The van der Waals surface area contributed by atoms with E-state index in [0.717, 1.165) is 16.8 Å². The SMILES string of the molecule is C=CC.CNc1cccc(-c2cccc(-c3ccccc3C(C)C)c2)c1O. The standard InChI is InChI=1S/C22H23NO.C3H6/c1-15(2)18-10-4-5-11-19(18)16-8-6-9-17(14-16)20-12-7-13-21(23-3)22(20)24;1-3-2/h4-15,23-24H,1-3H3;3H,1H2,2H3. The van der Waals surface area contributed by atoms with Gasteiger partial charge in [-0.3, -0.25) is 0 Å². The van der Waals surface area contributed by atoms with Crippen molar-refractivity contribution in [2.45, 2.75) is 26.7 Å². The Morgan fingerprint density at radius 1 is 0.889 bits per heavy atom. The van der Waals surface area contributed by atoms with E-state index in [2.05, 4.69) is 62.1 Å². The molecule has 2 nitrogen and oxygen atoms in total. The lowest BCUT2D eigenvalue weighted by molar-refractivity contribution is 0.479. The fourth-order valence-corrected chi connectivity index (χ4v) is 3.10. The van der Waals surface area contributed by atoms with Crippen LogP contribution >= 0.6 is 0 Å². The molecular formula is C25H29NO. The second-order valence-electron chi connectivity index (χ2n) is 6.68. The Labute approximate surface area is 163 Å². The molecule has 0 aromatic heterocycles. The van der Waals surface area contributed by atoms with E-state index in [4.69, 9.17) is 0 Å². The number of aromatic hydroxyl groups is 1. The summed E-state index contributed by atoms with van der Waals surface area (Å²) in [6, 6.07) is 22.7. The molecule has 0 saturated heterocycles. The summed E-state index contributed by atoms with van der Waals surface area (Å²) >= 11 is 0. The van der Waals surface area contributed by atoms with Gasteiger partial charge in [0.15, 0.2) is 0 Å². The molecule has 0 aliphatic rings. The van der Waals surface area contributed by atoms with Gasteiger partial charge in [0.05, 0.1) is 5.69 Å². The minimum absolute atomic E-state index is 0.286. The molecule has 2 N–H and O–H groups in total. The zero-order chi connectivity index (χ0) is 19.8. The van der Waals surface area contributed by atoms with E-state index in [1.54, 1.807) is 6.08 Å². The topological polar surface area (TPSA) is 32.3 Å². The Bertz CT molecular complexity index is 896. The molecule has 0 aliphatic carbocycles. The summed E-state index contributed by atoms with van der Waals surface area (Å²) in [5.74, 6) is 0.750. The molecule has 3 aromatic rings. The van der Waals surface area contributed by atoms with E-state index >= 15 is 0 Å². The molecule has 0 aliphatic heterocycles. The van der Waals surface area contributed by atoms with Crippen LogP contribution in [-0.4, -0.2) is 12.2 Å². The third-order valence-corrected chi connectivity index (χ3v) is 4.37. The molecule has 0 radical (unpaired) electrons. The fourth-order valence-electron chi connectivity index (χ4n) is 3.10. The van der Waals surface area contributed by atoms with E-state index in [9.17, 15) is 5.11 Å². The number of phenols is 1. The van der Waals surface area contributed by atoms with E-state index < -0.39 is 0 Å². The molecule has 0 bridgehead atoms. The Morgan fingerprint density at radius 3 is 2.07 bits per heavy atom. The minimum atomic E-state index is 0.286. The summed E-state index contributed by atoms with van der Waals surface area (Å²) < 4.78 is 0. The van der Waals surface area contributed by atoms with Gasteiger partial charge in [0.25, 0.3) is 0 Å². The highest BCUT2D eigenvalue weighted by Gasteiger charge is 2.11. The maximum absolute atomic E-state index is 10.5. The molecule has 3 aromatic carbocycles. The van der Waals surface area contributed by atoms with Crippen LogP contribution in [0.2, 0.25) is 0 Å². The summed E-state index contributed by atoms with van der Waals surface area (Å²) in [5, 5.41) is 13.5. The van der Waals surface area contributed by atoms with Gasteiger partial charge in [-0.2, -0.15) is 0 Å². The Kier molecular flexibility index (Phi) is 7.25. The van der Waals surface area contributed by atoms with Crippen LogP contribution in [-0.2, 0) is 0 Å². The number of allylic oxidation sites excluding steroid dienone is 1. The van der Waals surface area contributed by atoms with Gasteiger partial charge in [0, 0.05) is 12.6 Å². The van der Waals surface area contributed by atoms with Crippen molar-refractivity contribution >= 4 is 5.69 Å². The average Bonchev–Trinajstić information content (AvgIpc) is 2.69. The highest BCUT2D eigenvalue weighted by molar-refractivity contribution is 5.81. The molecular weight excluding hydrogens is 330 g/mol. The van der Waals surface area contributed by atoms with Gasteiger partial charge < -0.3 is 10.4 Å². The van der Waals surface area contributed by atoms with Crippen LogP contribution in [0.15, 0.2) is 79.4 Å². The van der Waals surface area contributed by atoms with Crippen LogP contribution in [0.5, 0.6) is 5.75 Å². The van der Waals surface area contributed by atoms with Crippen LogP contribution in [0.25, 0.3) is 22.3 Å². The van der Waals surface area contributed by atoms with Crippen LogP contribution in [0.3, 0.4) is 0 Å². The van der Waals surface area contributed by atoms with Crippen molar-refractivity contribution in [3.05, 3.63) is 84.9 Å². The van der Waals surface area contributed by atoms with Crippen LogP contribution in [0.4, 0.5) is 5.69 Å². The lowest BCUT2D eigenvalue weighted by Crippen LogP contribution is -1.93. The molecule has 27 heavy (non-hydrogen) atoms. The van der Waals surface area contributed by atoms with E-state index in [1.807, 2.05) is 44.3 Å². The summed E-state index contributed by atoms with van der Waals surface area (Å²) in [6.45, 7) is 9.68. The van der Waals surface area contributed by atoms with Crippen molar-refractivity contribution < 1.29 is 5.11 Å². The van der Waals surface area contributed by atoms with Crippen molar-refractivity contribution in [1.29, 1.82) is 0 Å². The maximum Gasteiger partial charge on any atom is 0.146 e. The Morgan fingerprint density at radius 2 is 1.44 bits per heavy atom. The maximum atomic E-state index is 10.5. The van der Waals surface area contributed by atoms with Gasteiger partial charge >= 0.3 is 0 Å². The number of benzene rings is 3. The van der Waals surface area contributed by atoms with Gasteiger partial charge in [0.1, 0.15) is 5.75 Å². The Hall–Kier alpha value is -3.00. The van der Waals surface area contributed by atoms with Crippen molar-refractivity contribution in [2.24, 2.45) is 0 Å². The number of para-hydroxylation sites is 1. The van der Waals surface area contributed by atoms with E-state index in [0.29, 0.717) is 5.92 Å². The number of anilines is 1. The molecule has 0 fully saturated rings. The molecule has 2 heteroatoms. The fraction of sp³-hybridized carbons (Fsp3) is 0.200. The number of phenolic OH excluding ortho intramolecular Hbond substituents is 1. The van der Waals surface area contributed by atoms with Crippen molar-refractivity contribution in [3.8, 4) is 28.0 Å². The number of nitrogens with one attached hydrogen (secondary N) is 1. The second-order valence-corrected chi connectivity index (χ2v) is 6.68. The first-order valence-corrected chi connectivity index (χ1v) is 9.30. The summed E-state index contributed by atoms with van der Waals surface area (Å²) in [4.78, 5) is 0. The monoisotopic (exact) mass is 359 g/mol. The predicted octanol–water partition coefficient (Wildman–Crippen LogP) is 7.08. The molecule has 0 amide bonds. The predicted molar refractivity (Wildman–Crippen MR) is 118 cm³/mol. The van der Waals surface area contributed by atoms with Crippen molar-refractivity contribution in [3.63, 3.8) is 0 Å². The molecule has 0 atom stereocenters. The van der Waals surface area contributed by atoms with E-state index in [1.165, 1.54) is 16.7 Å². The molecule has 3 rings (SSSR count). The third kappa shape index (κ3) is 4.79. The largest absolute Gasteiger partial charge is 0.505 e. The van der Waals surface area contributed by atoms with Gasteiger partial charge in [-0.1, -0.05) is 74.5 Å². The zero-order valence-electron chi connectivity index (χ0n) is 16.7. The summed E-state index contributed by atoms with van der Waals surface area (Å²) in [7, 11) is 1.81. The number of hydrogen-bond acceptors (Lipinski definition) is 2. The second kappa shape index (κ2) is 9.63. The van der Waals surface area contributed by atoms with Gasteiger partial charge in [-0.25, -0.2) is 0 Å². The van der Waals surface area contributed by atoms with Gasteiger partial charge in [-0.15, -0.1) is 6.58 Å². The quantitative estimate of drug-likeness (QED) is 0.385. The highest BCUT2D eigenvalue weighted by Crippen LogP contribution is 2.37. The molecule has 0 saturated carbocycles. The van der Waals surface area contributed by atoms with Crippen LogP contribution in [0.1, 0.15) is 32.3 Å². The zero-order valence-corrected chi connectivity index (χ0v) is 16.7. The lowest BCUT2D eigenvalue weighted by atomic mass is 9.91. The summed E-state index contributed by atoms with van der Waals surface area (Å²) in [5.41, 5.74) is 6.35. The Balaban J connectivity index is 0.000000817. The van der Waals surface area contributed by atoms with E-state index in [-0.39, 0.29) is 5.75 Å². The smallest absolute Gasteiger partial charge is 0.146 e. The molecule has 0 heterocycles. The molecule has 140 valence electrons. The van der Waals surface area contributed by atoms with Crippen LogP contribution in [0, 0.1) is 0 Å². The van der Waals surface area contributed by atoms with Crippen molar-refractivity contribution in [1.82, 2.24) is 0 Å². The molecule has 0 unspecified atom stereocenters. The normalized spacial score (nSPS) is 10.1. The average molecular weight is 360 g/mol. The minimum Gasteiger partial charge on any atom is -0.505 e. The number of rotatable bonds is 4. The third-order valence-electron chi connectivity index (χ3n) is 4.37. The first kappa shape index (κ1) is 20.3. The van der Waals surface area contributed by atoms with Gasteiger partial charge in [-0.05, 0) is 47.2 Å². The number of hydrogen-bond donors (Lipinski definition) is 2. The van der Waals surface area contributed by atoms with Crippen LogP contribution < -0.4 is 5.32 Å². The first-order valence-electron chi connectivity index (χ1n) is 9.30. The highest BCUT2D eigenvalue weighted by atomic mass is 16.3. The lowest BCUT2D eigenvalue weighted by Gasteiger charge is -2.14. The summed E-state index contributed by atoms with van der Waals surface area (Å²) in [6.07, 6.45) is 1.75. The molecule has 0 spiro atoms. The van der Waals surface area contributed by atoms with Gasteiger partial charge in [0.2, 0.25) is 0 Å². The van der Waals surface area contributed by atoms with Crippen molar-refractivity contribution in [2.75, 3.05) is 12.4 Å².